The Morgan fingerprint density at radius 3 is 2.75 bits per heavy atom. The number of carbonyl (C=O) groups excluding carboxylic acids is 2. The fourth-order valence-corrected chi connectivity index (χ4v) is 2.49. The lowest BCUT2D eigenvalue weighted by Crippen LogP contribution is -2.49. The summed E-state index contributed by atoms with van der Waals surface area (Å²) in [5.41, 5.74) is 5.26. The van der Waals surface area contributed by atoms with Crippen molar-refractivity contribution in [3.05, 3.63) is 18.5 Å². The predicted octanol–water partition coefficient (Wildman–Crippen LogP) is -0.661. The molecule has 0 radical (unpaired) electrons. The second kappa shape index (κ2) is 7.04. The molecule has 3 N–H and O–H groups in total. The van der Waals surface area contributed by atoms with Gasteiger partial charge in [0, 0.05) is 31.4 Å². The van der Waals surface area contributed by atoms with Crippen LogP contribution >= 0.6 is 0 Å². The minimum absolute atomic E-state index is 0.00259. The second-order valence-electron chi connectivity index (χ2n) is 4.99. The van der Waals surface area contributed by atoms with Crippen molar-refractivity contribution in [3.63, 3.8) is 0 Å². The molecule has 2 amide bonds. The lowest BCUT2D eigenvalue weighted by atomic mass is 10.0. The highest BCUT2D eigenvalue weighted by Crippen LogP contribution is 2.13. The molecule has 2 rings (SSSR count). The molecule has 0 unspecified atom stereocenters. The van der Waals surface area contributed by atoms with Gasteiger partial charge >= 0.3 is 0 Å². The summed E-state index contributed by atoms with van der Waals surface area (Å²) in [6, 6.07) is 1.92. The van der Waals surface area contributed by atoms with Gasteiger partial charge < -0.3 is 16.0 Å². The van der Waals surface area contributed by atoms with Gasteiger partial charge in [-0.25, -0.2) is 0 Å². The highest BCUT2D eigenvalue weighted by Gasteiger charge is 2.26. The van der Waals surface area contributed by atoms with E-state index in [4.69, 9.17) is 5.73 Å². The van der Waals surface area contributed by atoms with Crippen molar-refractivity contribution < 1.29 is 9.59 Å². The van der Waals surface area contributed by atoms with Crippen LogP contribution in [0.4, 0.5) is 0 Å². The first-order chi connectivity index (χ1) is 9.66. The number of aryl methyl sites for hydroxylation is 1. The van der Waals surface area contributed by atoms with Crippen LogP contribution < -0.4 is 11.1 Å². The molecule has 0 aliphatic carbocycles. The quantitative estimate of drug-likeness (QED) is 0.723. The summed E-state index contributed by atoms with van der Waals surface area (Å²) >= 11 is 0. The van der Waals surface area contributed by atoms with E-state index in [1.165, 1.54) is 0 Å². The van der Waals surface area contributed by atoms with E-state index in [1.807, 2.05) is 12.3 Å². The normalized spacial score (nSPS) is 16.0. The first-order valence-corrected chi connectivity index (χ1v) is 6.92. The Balaban J connectivity index is 1.93. The van der Waals surface area contributed by atoms with Gasteiger partial charge in [-0.1, -0.05) is 0 Å². The molecule has 1 aromatic heterocycles. The van der Waals surface area contributed by atoms with Gasteiger partial charge in [-0.15, -0.1) is 0 Å². The van der Waals surface area contributed by atoms with Crippen LogP contribution in [0.1, 0.15) is 19.3 Å². The smallest absolute Gasteiger partial charge is 0.237 e. The van der Waals surface area contributed by atoms with Gasteiger partial charge in [-0.2, -0.15) is 5.10 Å². The summed E-state index contributed by atoms with van der Waals surface area (Å²) in [6.45, 7) is 2.26. The van der Waals surface area contributed by atoms with Gasteiger partial charge in [0.25, 0.3) is 0 Å². The largest absolute Gasteiger partial charge is 0.368 e. The zero-order valence-electron chi connectivity index (χ0n) is 11.5. The van der Waals surface area contributed by atoms with Crippen molar-refractivity contribution in [2.45, 2.75) is 31.8 Å². The minimum atomic E-state index is -0.462. The predicted molar refractivity (Wildman–Crippen MR) is 73.6 cm³/mol. The Kier molecular flexibility index (Phi) is 5.11. The number of nitrogens with one attached hydrogen (secondary N) is 1. The van der Waals surface area contributed by atoms with E-state index < -0.39 is 5.91 Å². The third-order valence-corrected chi connectivity index (χ3v) is 3.51. The first kappa shape index (κ1) is 14.5. The van der Waals surface area contributed by atoms with Crippen LogP contribution in [0.3, 0.4) is 0 Å². The van der Waals surface area contributed by atoms with Crippen LogP contribution in [0.5, 0.6) is 0 Å². The molecular formula is C13H21N5O2. The van der Waals surface area contributed by atoms with E-state index >= 15 is 0 Å². The van der Waals surface area contributed by atoms with Gasteiger partial charge in [0.1, 0.15) is 0 Å². The number of aromatic nitrogens is 2. The van der Waals surface area contributed by atoms with Crippen molar-refractivity contribution in [1.82, 2.24) is 20.0 Å². The maximum Gasteiger partial charge on any atom is 0.237 e. The van der Waals surface area contributed by atoms with Crippen LogP contribution in [-0.4, -0.2) is 52.2 Å². The van der Waals surface area contributed by atoms with Crippen molar-refractivity contribution >= 4 is 11.8 Å². The molecule has 2 heterocycles. The molecule has 110 valence electrons. The van der Waals surface area contributed by atoms with E-state index in [2.05, 4.69) is 10.4 Å². The number of hydrogen-bond donors (Lipinski definition) is 2. The van der Waals surface area contributed by atoms with Gasteiger partial charge in [-0.05, 0) is 32.0 Å². The molecule has 20 heavy (non-hydrogen) atoms. The number of piperidine rings is 1. The van der Waals surface area contributed by atoms with Gasteiger partial charge in [0.2, 0.25) is 11.8 Å². The molecule has 1 aliphatic rings. The molecule has 0 saturated carbocycles. The SMILES string of the molecule is NC(=O)CN(C(=O)CCn1cccn1)C1CCNCC1. The van der Waals surface area contributed by atoms with E-state index in [9.17, 15) is 9.59 Å². The van der Waals surface area contributed by atoms with Crippen LogP contribution in [0, 0.1) is 0 Å². The summed E-state index contributed by atoms with van der Waals surface area (Å²) in [6.07, 6.45) is 5.55. The maximum atomic E-state index is 12.3. The Morgan fingerprint density at radius 2 is 2.15 bits per heavy atom. The van der Waals surface area contributed by atoms with E-state index in [1.54, 1.807) is 15.8 Å². The number of hydrogen-bond acceptors (Lipinski definition) is 4. The van der Waals surface area contributed by atoms with Gasteiger partial charge in [0.05, 0.1) is 6.54 Å². The molecule has 0 atom stereocenters. The molecule has 7 heteroatoms. The standard InChI is InChI=1S/C13H21N5O2/c14-12(19)10-18(11-2-6-15-7-3-11)13(20)4-9-17-8-1-5-16-17/h1,5,8,11,15H,2-4,6-7,9-10H2,(H2,14,19). The minimum Gasteiger partial charge on any atom is -0.368 e. The fourth-order valence-electron chi connectivity index (χ4n) is 2.49. The topological polar surface area (TPSA) is 93.3 Å². The summed E-state index contributed by atoms with van der Waals surface area (Å²) in [5.74, 6) is -0.498. The zero-order valence-corrected chi connectivity index (χ0v) is 11.5. The molecule has 0 spiro atoms. The Labute approximate surface area is 118 Å². The number of nitrogens with two attached hydrogens (primary N) is 1. The maximum absolute atomic E-state index is 12.3. The fraction of sp³-hybridized carbons (Fsp3) is 0.615. The van der Waals surface area contributed by atoms with E-state index in [-0.39, 0.29) is 18.5 Å². The third kappa shape index (κ3) is 4.06. The molecule has 7 nitrogen and oxygen atoms in total. The molecular weight excluding hydrogens is 258 g/mol. The number of carbonyl (C=O) groups is 2. The number of nitrogens with zero attached hydrogens (tertiary/aromatic N) is 3. The lowest BCUT2D eigenvalue weighted by Gasteiger charge is -2.34. The average molecular weight is 279 g/mol. The number of rotatable bonds is 6. The zero-order chi connectivity index (χ0) is 14.4. The molecule has 0 aromatic carbocycles. The van der Waals surface area contributed by atoms with Gasteiger partial charge in [0.15, 0.2) is 0 Å². The Morgan fingerprint density at radius 1 is 1.40 bits per heavy atom. The molecule has 0 bridgehead atoms. The van der Waals surface area contributed by atoms with Gasteiger partial charge in [-0.3, -0.25) is 14.3 Å². The summed E-state index contributed by atoms with van der Waals surface area (Å²) in [5, 5.41) is 7.31. The van der Waals surface area contributed by atoms with Crippen molar-refractivity contribution in [2.24, 2.45) is 5.73 Å². The van der Waals surface area contributed by atoms with Crippen molar-refractivity contribution in [3.8, 4) is 0 Å². The van der Waals surface area contributed by atoms with Crippen LogP contribution in [0.2, 0.25) is 0 Å². The van der Waals surface area contributed by atoms with E-state index in [0.29, 0.717) is 13.0 Å². The second-order valence-corrected chi connectivity index (χ2v) is 4.99. The monoisotopic (exact) mass is 279 g/mol. The van der Waals surface area contributed by atoms with Crippen LogP contribution in [0.25, 0.3) is 0 Å². The van der Waals surface area contributed by atoms with E-state index in [0.717, 1.165) is 25.9 Å². The van der Waals surface area contributed by atoms with Crippen LogP contribution in [-0.2, 0) is 16.1 Å². The third-order valence-electron chi connectivity index (χ3n) is 3.51. The summed E-state index contributed by atoms with van der Waals surface area (Å²) < 4.78 is 1.71. The summed E-state index contributed by atoms with van der Waals surface area (Å²) in [4.78, 5) is 25.1. The molecule has 1 saturated heterocycles. The molecule has 1 fully saturated rings. The van der Waals surface area contributed by atoms with Crippen LogP contribution in [0.15, 0.2) is 18.5 Å². The Bertz CT molecular complexity index is 440. The van der Waals surface area contributed by atoms with Crippen molar-refractivity contribution in [2.75, 3.05) is 19.6 Å². The molecule has 1 aliphatic heterocycles. The highest BCUT2D eigenvalue weighted by atomic mass is 16.2. The molecule has 1 aromatic rings. The number of amides is 2. The lowest BCUT2D eigenvalue weighted by molar-refractivity contribution is -0.138. The average Bonchev–Trinajstić information content (AvgIpc) is 2.96. The van der Waals surface area contributed by atoms with Crippen molar-refractivity contribution in [1.29, 1.82) is 0 Å². The highest BCUT2D eigenvalue weighted by molar-refractivity contribution is 5.84. The first-order valence-electron chi connectivity index (χ1n) is 6.92. The summed E-state index contributed by atoms with van der Waals surface area (Å²) in [7, 11) is 0. The Hall–Kier alpha value is -1.89. The number of primary amides is 1.